The van der Waals surface area contributed by atoms with Gasteiger partial charge in [0.2, 0.25) is 0 Å². The quantitative estimate of drug-likeness (QED) is 0.816. The van der Waals surface area contributed by atoms with Gasteiger partial charge in [0.05, 0.1) is 0 Å². The van der Waals surface area contributed by atoms with Crippen molar-refractivity contribution in [3.63, 3.8) is 0 Å². The van der Waals surface area contributed by atoms with Crippen LogP contribution in [0.1, 0.15) is 35.9 Å². The summed E-state index contributed by atoms with van der Waals surface area (Å²) in [6.45, 7) is 5.30. The summed E-state index contributed by atoms with van der Waals surface area (Å²) in [4.78, 5) is 16.1. The molecule has 0 saturated carbocycles. The maximum absolute atomic E-state index is 13.6. The molecule has 1 saturated heterocycles. The van der Waals surface area contributed by atoms with Gasteiger partial charge in [0.25, 0.3) is 5.91 Å². The van der Waals surface area contributed by atoms with Gasteiger partial charge < -0.3 is 5.32 Å². The molecule has 0 spiro atoms. The smallest absolute Gasteiger partial charge is 0.273 e. The molecule has 2 heterocycles. The minimum atomic E-state index is -0.585. The van der Waals surface area contributed by atoms with Crippen LogP contribution in [0.3, 0.4) is 0 Å². The number of thiol groups is 1. The molecule has 1 N–H and O–H groups in total. The predicted octanol–water partition coefficient (Wildman–Crippen LogP) is 1.96. The van der Waals surface area contributed by atoms with Crippen molar-refractivity contribution in [2.75, 3.05) is 13.1 Å². The molecule has 19 heavy (non-hydrogen) atoms. The fourth-order valence-electron chi connectivity index (χ4n) is 2.15. The zero-order valence-corrected chi connectivity index (χ0v) is 12.0. The number of carbonyl (C=O) groups is 1. The first-order chi connectivity index (χ1) is 8.89. The lowest BCUT2D eigenvalue weighted by atomic mass is 9.90. The molecule has 1 fully saturated rings. The topological polar surface area (TPSA) is 45.2 Å². The van der Waals surface area contributed by atoms with Crippen molar-refractivity contribution in [2.24, 2.45) is 0 Å². The molecule has 6 heteroatoms. The van der Waals surface area contributed by atoms with Crippen LogP contribution in [0.4, 0.5) is 4.39 Å². The molecule has 1 aromatic heterocycles. The zero-order valence-electron chi connectivity index (χ0n) is 11.1. The summed E-state index contributed by atoms with van der Waals surface area (Å²) in [7, 11) is 0. The molecular formula is C13H18FN3OS. The number of aromatic nitrogens is 1. The van der Waals surface area contributed by atoms with Crippen LogP contribution in [0.2, 0.25) is 0 Å². The third-order valence-electron chi connectivity index (χ3n) is 3.46. The standard InChI is InChI=1S/C13H18FN3OS/c1-9-3-4-10(14)11(15-9)12(18)16-13(2)5-7-17(19)8-6-13/h3-4,19H,5-8H2,1-2H3,(H,16,18). The summed E-state index contributed by atoms with van der Waals surface area (Å²) >= 11 is 4.28. The highest BCUT2D eigenvalue weighted by Gasteiger charge is 2.31. The van der Waals surface area contributed by atoms with Crippen molar-refractivity contribution in [1.29, 1.82) is 0 Å². The second-order valence-electron chi connectivity index (χ2n) is 5.25. The van der Waals surface area contributed by atoms with Crippen LogP contribution < -0.4 is 5.32 Å². The summed E-state index contributed by atoms with van der Waals surface area (Å²) < 4.78 is 15.5. The number of halogens is 1. The minimum absolute atomic E-state index is 0.130. The molecule has 4 nitrogen and oxygen atoms in total. The number of amides is 1. The molecule has 2 rings (SSSR count). The van der Waals surface area contributed by atoms with Gasteiger partial charge in [-0.3, -0.25) is 9.10 Å². The van der Waals surface area contributed by atoms with E-state index in [2.05, 4.69) is 23.1 Å². The van der Waals surface area contributed by atoms with Crippen LogP contribution >= 0.6 is 12.8 Å². The Bertz CT molecular complexity index is 487. The number of nitrogens with zero attached hydrogens (tertiary/aromatic N) is 2. The van der Waals surface area contributed by atoms with Gasteiger partial charge in [-0.15, -0.1) is 0 Å². The Kier molecular flexibility index (Phi) is 4.10. The molecule has 0 atom stereocenters. The summed E-state index contributed by atoms with van der Waals surface area (Å²) in [5, 5.41) is 2.90. The van der Waals surface area contributed by atoms with Crippen LogP contribution in [0.5, 0.6) is 0 Å². The number of hydrogen-bond donors (Lipinski definition) is 2. The van der Waals surface area contributed by atoms with Gasteiger partial charge in [0.15, 0.2) is 11.5 Å². The highest BCUT2D eigenvalue weighted by Crippen LogP contribution is 2.23. The number of aryl methyl sites for hydroxylation is 1. The summed E-state index contributed by atoms with van der Waals surface area (Å²) in [5.41, 5.74) is 0.171. The number of carbonyl (C=O) groups excluding carboxylic acids is 1. The van der Waals surface area contributed by atoms with Gasteiger partial charge >= 0.3 is 0 Å². The van der Waals surface area contributed by atoms with Gasteiger partial charge in [-0.2, -0.15) is 0 Å². The Morgan fingerprint density at radius 2 is 2.11 bits per heavy atom. The Labute approximate surface area is 117 Å². The van der Waals surface area contributed by atoms with Crippen LogP contribution in [0.15, 0.2) is 12.1 Å². The van der Waals surface area contributed by atoms with Crippen LogP contribution in [0, 0.1) is 12.7 Å². The molecule has 1 aliphatic heterocycles. The number of nitrogens with one attached hydrogen (secondary N) is 1. The van der Waals surface area contributed by atoms with Gasteiger partial charge in [0.1, 0.15) is 0 Å². The number of hydrogen-bond acceptors (Lipinski definition) is 4. The summed E-state index contributed by atoms with van der Waals surface area (Å²) in [6, 6.07) is 2.82. The molecule has 0 radical (unpaired) electrons. The Morgan fingerprint density at radius 3 is 2.74 bits per heavy atom. The first-order valence-electron chi connectivity index (χ1n) is 6.29. The van der Waals surface area contributed by atoms with E-state index in [1.54, 1.807) is 13.0 Å². The monoisotopic (exact) mass is 283 g/mol. The first-order valence-corrected chi connectivity index (χ1v) is 6.69. The van der Waals surface area contributed by atoms with Crippen molar-refractivity contribution >= 4 is 18.7 Å². The van der Waals surface area contributed by atoms with Gasteiger partial charge in [-0.1, -0.05) is 12.8 Å². The first kappa shape index (κ1) is 14.3. The van der Waals surface area contributed by atoms with Crippen LogP contribution in [-0.4, -0.2) is 33.8 Å². The normalized spacial score (nSPS) is 19.2. The Hall–Kier alpha value is -1.14. The molecule has 0 aliphatic carbocycles. The maximum Gasteiger partial charge on any atom is 0.273 e. The summed E-state index contributed by atoms with van der Waals surface area (Å²) in [6.07, 6.45) is 1.57. The van der Waals surface area contributed by atoms with Crippen LogP contribution in [0.25, 0.3) is 0 Å². The highest BCUT2D eigenvalue weighted by molar-refractivity contribution is 7.77. The lowest BCUT2D eigenvalue weighted by molar-refractivity contribution is 0.0864. The highest BCUT2D eigenvalue weighted by atomic mass is 32.1. The molecule has 1 aliphatic rings. The minimum Gasteiger partial charge on any atom is -0.345 e. The van der Waals surface area contributed by atoms with E-state index in [0.717, 1.165) is 25.9 Å². The van der Waals surface area contributed by atoms with Gasteiger partial charge in [0, 0.05) is 24.3 Å². The summed E-state index contributed by atoms with van der Waals surface area (Å²) in [5.74, 6) is -1.03. The Balaban J connectivity index is 2.10. The molecule has 0 aromatic carbocycles. The number of rotatable bonds is 2. The SMILES string of the molecule is Cc1ccc(F)c(C(=O)NC2(C)CCN(S)CC2)n1. The average Bonchev–Trinajstić information content (AvgIpc) is 2.36. The number of piperidine rings is 1. The van der Waals surface area contributed by atoms with Crippen LogP contribution in [-0.2, 0) is 0 Å². The average molecular weight is 283 g/mol. The maximum atomic E-state index is 13.6. The Morgan fingerprint density at radius 1 is 1.47 bits per heavy atom. The molecular weight excluding hydrogens is 265 g/mol. The van der Waals surface area contributed by atoms with E-state index >= 15 is 0 Å². The van der Waals surface area contributed by atoms with E-state index in [0.29, 0.717) is 5.69 Å². The van der Waals surface area contributed by atoms with Crippen molar-refractivity contribution in [3.8, 4) is 0 Å². The lowest BCUT2D eigenvalue weighted by Gasteiger charge is -2.37. The lowest BCUT2D eigenvalue weighted by Crippen LogP contribution is -2.52. The third kappa shape index (κ3) is 3.45. The van der Waals surface area contributed by atoms with E-state index in [1.165, 1.54) is 6.07 Å². The fraction of sp³-hybridized carbons (Fsp3) is 0.538. The second-order valence-corrected chi connectivity index (χ2v) is 5.82. The fourth-order valence-corrected chi connectivity index (χ4v) is 2.35. The second kappa shape index (κ2) is 5.46. The molecule has 0 bridgehead atoms. The van der Waals surface area contributed by atoms with E-state index < -0.39 is 11.7 Å². The van der Waals surface area contributed by atoms with Crippen molar-refractivity contribution in [2.45, 2.75) is 32.2 Å². The molecule has 1 amide bonds. The van der Waals surface area contributed by atoms with Crippen molar-refractivity contribution < 1.29 is 9.18 Å². The van der Waals surface area contributed by atoms with E-state index in [4.69, 9.17) is 0 Å². The zero-order chi connectivity index (χ0) is 14.0. The third-order valence-corrected chi connectivity index (χ3v) is 3.86. The number of pyridine rings is 1. The van der Waals surface area contributed by atoms with E-state index in [-0.39, 0.29) is 11.2 Å². The molecule has 104 valence electrons. The van der Waals surface area contributed by atoms with Gasteiger partial charge in [-0.05, 0) is 38.8 Å². The molecule has 1 aromatic rings. The van der Waals surface area contributed by atoms with Gasteiger partial charge in [-0.25, -0.2) is 9.37 Å². The van der Waals surface area contributed by atoms with Crippen molar-refractivity contribution in [3.05, 3.63) is 29.3 Å². The largest absolute Gasteiger partial charge is 0.345 e. The van der Waals surface area contributed by atoms with E-state index in [9.17, 15) is 9.18 Å². The predicted molar refractivity (Wildman–Crippen MR) is 74.6 cm³/mol. The van der Waals surface area contributed by atoms with E-state index in [1.807, 2.05) is 11.2 Å². The van der Waals surface area contributed by atoms with Crippen molar-refractivity contribution in [1.82, 2.24) is 14.6 Å². The molecule has 0 unspecified atom stereocenters.